The number of pyridine rings is 1. The van der Waals surface area contributed by atoms with Crippen LogP contribution in [-0.2, 0) is 25.3 Å². The van der Waals surface area contributed by atoms with Crippen molar-refractivity contribution in [2.24, 2.45) is 0 Å². The second kappa shape index (κ2) is 13.1. The average molecular weight is 644 g/mol. The molecule has 1 atom stereocenters. The fraction of sp³-hybridized carbons (Fsp3) is 0.250. The van der Waals surface area contributed by atoms with Crippen LogP contribution in [0.15, 0.2) is 85.2 Å². The van der Waals surface area contributed by atoms with E-state index in [9.17, 15) is 36.2 Å². The molecule has 1 N–H and O–H groups in total. The van der Waals surface area contributed by atoms with Crippen LogP contribution in [0.5, 0.6) is 5.75 Å². The first kappa shape index (κ1) is 32.3. The Bertz CT molecular complexity index is 1810. The zero-order valence-electron chi connectivity index (χ0n) is 24.3. The molecule has 0 saturated heterocycles. The van der Waals surface area contributed by atoms with E-state index < -0.39 is 35.3 Å². The Labute approximate surface area is 258 Å². The van der Waals surface area contributed by atoms with Crippen molar-refractivity contribution in [2.75, 3.05) is 6.61 Å². The molecule has 46 heavy (non-hydrogen) atoms. The van der Waals surface area contributed by atoms with Gasteiger partial charge < -0.3 is 9.84 Å². The first-order chi connectivity index (χ1) is 21.8. The van der Waals surface area contributed by atoms with Crippen molar-refractivity contribution in [2.45, 2.75) is 44.6 Å². The maximum atomic E-state index is 13.8. The number of halogens is 6. The minimum absolute atomic E-state index is 0.0295. The van der Waals surface area contributed by atoms with Gasteiger partial charge in [-0.1, -0.05) is 49.4 Å². The highest BCUT2D eigenvalue weighted by molar-refractivity contribution is 5.89. The monoisotopic (exact) mass is 643 g/mol. The van der Waals surface area contributed by atoms with Crippen LogP contribution in [0.2, 0.25) is 0 Å². The van der Waals surface area contributed by atoms with Gasteiger partial charge in [0, 0.05) is 24.7 Å². The topological polar surface area (TPSA) is 95.1 Å². The van der Waals surface area contributed by atoms with Gasteiger partial charge in [0.15, 0.2) is 17.2 Å². The first-order valence-electron chi connectivity index (χ1n) is 14.1. The lowest BCUT2D eigenvalue weighted by molar-refractivity contribution is -0.143. The van der Waals surface area contributed by atoms with Crippen molar-refractivity contribution >= 4 is 5.97 Å². The number of hydrogen-bond donors (Lipinski definition) is 1. The lowest BCUT2D eigenvalue weighted by Crippen LogP contribution is -2.18. The van der Waals surface area contributed by atoms with Gasteiger partial charge in [0.1, 0.15) is 11.3 Å². The summed E-state index contributed by atoms with van der Waals surface area (Å²) in [5.41, 5.74) is -0.318. The van der Waals surface area contributed by atoms with Crippen LogP contribution in [0.3, 0.4) is 0 Å². The van der Waals surface area contributed by atoms with Crippen LogP contribution >= 0.6 is 0 Å². The number of carboxylic acid groups (broad SMARTS) is 1. The normalized spacial score (nSPS) is 12.7. The molecule has 0 spiro atoms. The molecule has 5 rings (SSSR count). The summed E-state index contributed by atoms with van der Waals surface area (Å²) in [6, 6.07) is 20.3. The van der Waals surface area contributed by atoms with Crippen LogP contribution in [-0.4, -0.2) is 42.2 Å². The minimum Gasteiger partial charge on any atom is -0.494 e. The fourth-order valence-electron chi connectivity index (χ4n) is 5.04. The van der Waals surface area contributed by atoms with E-state index in [0.29, 0.717) is 40.7 Å². The molecule has 14 heteroatoms. The fourth-order valence-corrected chi connectivity index (χ4v) is 5.04. The van der Waals surface area contributed by atoms with Crippen molar-refractivity contribution in [3.05, 3.63) is 113 Å². The molecule has 0 saturated carbocycles. The van der Waals surface area contributed by atoms with Gasteiger partial charge in [-0.05, 0) is 53.8 Å². The third-order valence-electron chi connectivity index (χ3n) is 7.18. The Hall–Kier alpha value is -5.14. The molecular formula is C32H27F6N5O3. The molecule has 240 valence electrons. The van der Waals surface area contributed by atoms with Gasteiger partial charge in [-0.2, -0.15) is 36.5 Å². The van der Waals surface area contributed by atoms with E-state index in [-0.39, 0.29) is 24.9 Å². The molecule has 0 fully saturated rings. The number of nitrogens with zero attached hydrogens (tertiary/aromatic N) is 5. The number of ether oxygens (including phenoxy) is 1. The first-order valence-corrected chi connectivity index (χ1v) is 14.1. The molecule has 2 aromatic carbocycles. The molecule has 1 unspecified atom stereocenters. The van der Waals surface area contributed by atoms with Crippen LogP contribution < -0.4 is 4.74 Å². The number of carbonyl (C=O) groups is 1. The van der Waals surface area contributed by atoms with Crippen LogP contribution in [0.4, 0.5) is 26.3 Å². The van der Waals surface area contributed by atoms with Gasteiger partial charge in [-0.3, -0.25) is 4.68 Å². The molecule has 8 nitrogen and oxygen atoms in total. The standard InChI is InChI=1S/C32H27F6N5O3/c1-20(18-21-10-12-22(13-11-21)46-17-5-15-42-16-14-27(41-42)31(33,34)35)23-6-2-3-7-24(23)26-8-4-9-28(40-26)43-29(32(36,37)38)25(19-39-43)30(44)45/h2-4,6-14,16,19-20H,5,15,17-18H2,1H3,(H,44,45). The zero-order valence-corrected chi connectivity index (χ0v) is 24.3. The van der Waals surface area contributed by atoms with Crippen LogP contribution in [0.25, 0.3) is 17.1 Å². The van der Waals surface area contributed by atoms with Crippen molar-refractivity contribution in [3.8, 4) is 22.8 Å². The Morgan fingerprint density at radius 3 is 2.35 bits per heavy atom. The lowest BCUT2D eigenvalue weighted by atomic mass is 9.89. The average Bonchev–Trinajstić information content (AvgIpc) is 3.69. The molecule has 0 aliphatic heterocycles. The van der Waals surface area contributed by atoms with Crippen molar-refractivity contribution < 1.29 is 41.0 Å². The predicted octanol–water partition coefficient (Wildman–Crippen LogP) is 7.68. The number of alkyl halides is 6. The third-order valence-corrected chi connectivity index (χ3v) is 7.18. The number of hydrogen-bond acceptors (Lipinski definition) is 5. The summed E-state index contributed by atoms with van der Waals surface area (Å²) in [7, 11) is 0. The number of aromatic carboxylic acids is 1. The van der Waals surface area contributed by atoms with E-state index in [1.807, 2.05) is 49.4 Å². The van der Waals surface area contributed by atoms with Gasteiger partial charge in [-0.15, -0.1) is 0 Å². The second-order valence-electron chi connectivity index (χ2n) is 10.5. The Kier molecular flexibility index (Phi) is 9.17. The van der Waals surface area contributed by atoms with Crippen molar-refractivity contribution in [1.29, 1.82) is 0 Å². The molecule has 3 heterocycles. The van der Waals surface area contributed by atoms with Crippen molar-refractivity contribution in [1.82, 2.24) is 24.5 Å². The largest absolute Gasteiger partial charge is 0.494 e. The molecule has 0 aliphatic carbocycles. The highest BCUT2D eigenvalue weighted by Gasteiger charge is 2.41. The molecule has 3 aromatic heterocycles. The van der Waals surface area contributed by atoms with E-state index in [0.717, 1.165) is 17.2 Å². The van der Waals surface area contributed by atoms with Crippen LogP contribution in [0.1, 0.15) is 52.1 Å². The summed E-state index contributed by atoms with van der Waals surface area (Å²) >= 11 is 0. The van der Waals surface area contributed by atoms with E-state index in [4.69, 9.17) is 4.74 Å². The van der Waals surface area contributed by atoms with Gasteiger partial charge in [0.2, 0.25) is 0 Å². The molecule has 0 bridgehead atoms. The number of aromatic nitrogens is 5. The molecule has 0 radical (unpaired) electrons. The Morgan fingerprint density at radius 1 is 0.935 bits per heavy atom. The van der Waals surface area contributed by atoms with E-state index >= 15 is 0 Å². The maximum Gasteiger partial charge on any atom is 0.435 e. The van der Waals surface area contributed by atoms with E-state index in [1.165, 1.54) is 23.0 Å². The van der Waals surface area contributed by atoms with Gasteiger partial charge in [-0.25, -0.2) is 14.5 Å². The minimum atomic E-state index is -4.97. The predicted molar refractivity (Wildman–Crippen MR) is 155 cm³/mol. The second-order valence-corrected chi connectivity index (χ2v) is 10.5. The van der Waals surface area contributed by atoms with E-state index in [2.05, 4.69) is 15.2 Å². The summed E-state index contributed by atoms with van der Waals surface area (Å²) in [5.74, 6) is -1.34. The number of rotatable bonds is 11. The van der Waals surface area contributed by atoms with Crippen molar-refractivity contribution in [3.63, 3.8) is 0 Å². The Morgan fingerprint density at radius 2 is 1.67 bits per heavy atom. The van der Waals surface area contributed by atoms with Gasteiger partial charge in [0.05, 0.1) is 18.5 Å². The number of carboxylic acids is 1. The smallest absolute Gasteiger partial charge is 0.435 e. The van der Waals surface area contributed by atoms with E-state index in [1.54, 1.807) is 12.1 Å². The summed E-state index contributed by atoms with van der Waals surface area (Å²) in [6.45, 7) is 2.58. The quantitative estimate of drug-likeness (QED) is 0.117. The molecular weight excluding hydrogens is 616 g/mol. The molecule has 0 amide bonds. The summed E-state index contributed by atoms with van der Waals surface area (Å²) < 4.78 is 86.9. The SMILES string of the molecule is CC(Cc1ccc(OCCCn2ccc(C(F)(F)F)n2)cc1)c1ccccc1-c1cccc(-n2ncc(C(=O)O)c2C(F)(F)F)n1. The zero-order chi connectivity index (χ0) is 33.1. The summed E-state index contributed by atoms with van der Waals surface area (Å²) in [6.07, 6.45) is -6.43. The Balaban J connectivity index is 1.25. The van der Waals surface area contributed by atoms with Gasteiger partial charge >= 0.3 is 18.3 Å². The maximum absolute atomic E-state index is 13.8. The lowest BCUT2D eigenvalue weighted by Gasteiger charge is -2.18. The summed E-state index contributed by atoms with van der Waals surface area (Å²) in [4.78, 5) is 15.8. The van der Waals surface area contributed by atoms with Crippen LogP contribution in [0, 0.1) is 0 Å². The number of benzene rings is 2. The highest BCUT2D eigenvalue weighted by Crippen LogP contribution is 2.35. The highest BCUT2D eigenvalue weighted by atomic mass is 19.4. The molecule has 0 aliphatic rings. The third kappa shape index (κ3) is 7.38. The van der Waals surface area contributed by atoms with Gasteiger partial charge in [0.25, 0.3) is 0 Å². The molecule has 5 aromatic rings. The summed E-state index contributed by atoms with van der Waals surface area (Å²) in [5, 5.41) is 16.5. The number of aryl methyl sites for hydroxylation is 1.